The van der Waals surface area contributed by atoms with E-state index in [0.717, 1.165) is 105 Å². The zero-order valence-corrected chi connectivity index (χ0v) is 31.5. The largest absolute Gasteiger partial charge is 0.495 e. The molecule has 3 aromatic rings. The first-order chi connectivity index (χ1) is 25.2. The van der Waals surface area contributed by atoms with Crippen molar-refractivity contribution in [1.82, 2.24) is 24.8 Å². The summed E-state index contributed by atoms with van der Waals surface area (Å²) in [5.74, 6) is 4.07. The van der Waals surface area contributed by atoms with Gasteiger partial charge in [0.05, 0.1) is 12.8 Å². The van der Waals surface area contributed by atoms with Crippen LogP contribution in [0.4, 0.5) is 10.6 Å². The van der Waals surface area contributed by atoms with Gasteiger partial charge in [-0.3, -0.25) is 14.7 Å². The number of rotatable bonds is 11. The molecule has 1 aliphatic heterocycles. The number of oxazole rings is 1. The van der Waals surface area contributed by atoms with Crippen LogP contribution in [0, 0.1) is 24.7 Å². The average Bonchev–Trinajstić information content (AvgIpc) is 3.89. The third-order valence-corrected chi connectivity index (χ3v) is 11.8. The second-order valence-corrected chi connectivity index (χ2v) is 16.0. The summed E-state index contributed by atoms with van der Waals surface area (Å²) in [4.78, 5) is 48.0. The van der Waals surface area contributed by atoms with E-state index in [2.05, 4.69) is 25.1 Å². The Morgan fingerprint density at radius 2 is 1.58 bits per heavy atom. The molecule has 0 bridgehead atoms. The molecule has 4 aliphatic rings. The summed E-state index contributed by atoms with van der Waals surface area (Å²) in [5, 5.41) is 0. The molecule has 11 heteroatoms. The Bertz CT molecular complexity index is 1670. The lowest BCUT2D eigenvalue weighted by Gasteiger charge is -2.36. The number of methoxy groups -OCH3 is 1. The van der Waals surface area contributed by atoms with Crippen molar-refractivity contribution in [2.45, 2.75) is 102 Å². The summed E-state index contributed by atoms with van der Waals surface area (Å²) in [6, 6.07) is 8.07. The summed E-state index contributed by atoms with van der Waals surface area (Å²) in [6.07, 6.45) is 14.3. The number of hydrogen-bond acceptors (Lipinski definition) is 9. The number of carbonyl (C=O) groups is 2. The van der Waals surface area contributed by atoms with E-state index in [9.17, 15) is 9.59 Å². The van der Waals surface area contributed by atoms with E-state index in [0.29, 0.717) is 61.7 Å². The lowest BCUT2D eigenvalue weighted by Crippen LogP contribution is -2.44. The van der Waals surface area contributed by atoms with Crippen LogP contribution < -0.4 is 9.64 Å². The van der Waals surface area contributed by atoms with Gasteiger partial charge >= 0.3 is 6.09 Å². The Kier molecular flexibility index (Phi) is 11.4. The van der Waals surface area contributed by atoms with Gasteiger partial charge in [-0.15, -0.1) is 0 Å². The Labute approximate surface area is 308 Å². The Morgan fingerprint density at radius 3 is 2.25 bits per heavy atom. The smallest absolute Gasteiger partial charge is 0.410 e. The van der Waals surface area contributed by atoms with Crippen LogP contribution in [0.5, 0.6) is 5.75 Å². The molecule has 0 N–H and O–H groups in total. The molecule has 4 fully saturated rings. The predicted molar refractivity (Wildman–Crippen MR) is 199 cm³/mol. The van der Waals surface area contributed by atoms with E-state index in [-0.39, 0.29) is 24.0 Å². The number of ether oxygens (including phenoxy) is 2. The minimum atomic E-state index is -0.200. The third-order valence-electron chi connectivity index (χ3n) is 11.8. The van der Waals surface area contributed by atoms with E-state index in [4.69, 9.17) is 28.8 Å². The molecule has 3 aliphatic carbocycles. The van der Waals surface area contributed by atoms with E-state index < -0.39 is 0 Å². The summed E-state index contributed by atoms with van der Waals surface area (Å²) in [6.45, 7) is 5.18. The first kappa shape index (κ1) is 36.4. The van der Waals surface area contributed by atoms with E-state index in [1.807, 2.05) is 34.9 Å². The molecule has 0 atom stereocenters. The number of anilines is 1. The van der Waals surface area contributed by atoms with Gasteiger partial charge in [0.25, 0.3) is 0 Å². The first-order valence-electron chi connectivity index (χ1n) is 19.6. The second-order valence-electron chi connectivity index (χ2n) is 16.0. The number of carbonyl (C=O) groups excluding carboxylic acids is 2. The highest BCUT2D eigenvalue weighted by Gasteiger charge is 2.36. The van der Waals surface area contributed by atoms with E-state index in [1.165, 1.54) is 0 Å². The first-order valence-corrected chi connectivity index (χ1v) is 19.6. The SMILES string of the molecule is COc1ccc(C2CCC(CN(C(=O)C3CCC(OC(=O)N4CCC(CN(C)C)CC4)CC3)c3cc(-c4coc(C5CC5)n4)ccn3)CC2)nc1C. The van der Waals surface area contributed by atoms with Crippen molar-refractivity contribution in [2.75, 3.05) is 52.3 Å². The van der Waals surface area contributed by atoms with Crippen LogP contribution in [0.1, 0.15) is 106 Å². The van der Waals surface area contributed by atoms with Crippen LogP contribution in [0.15, 0.2) is 41.1 Å². The zero-order chi connectivity index (χ0) is 36.2. The summed E-state index contributed by atoms with van der Waals surface area (Å²) in [5.41, 5.74) is 3.74. The van der Waals surface area contributed by atoms with E-state index in [1.54, 1.807) is 19.6 Å². The van der Waals surface area contributed by atoms with Crippen LogP contribution >= 0.6 is 0 Å². The predicted octanol–water partition coefficient (Wildman–Crippen LogP) is 7.60. The normalized spacial score (nSPS) is 24.1. The van der Waals surface area contributed by atoms with Gasteiger partial charge in [-0.2, -0.15) is 0 Å². The van der Waals surface area contributed by atoms with Gasteiger partial charge in [-0.1, -0.05) is 0 Å². The van der Waals surface area contributed by atoms with Crippen molar-refractivity contribution in [3.8, 4) is 17.0 Å². The molecular weight excluding hydrogens is 656 g/mol. The second kappa shape index (κ2) is 16.4. The Balaban J connectivity index is 0.998. The van der Waals surface area contributed by atoms with Crippen molar-refractivity contribution in [3.05, 3.63) is 54.0 Å². The van der Waals surface area contributed by atoms with Gasteiger partial charge in [-0.05, 0) is 134 Å². The number of hydrogen-bond donors (Lipinski definition) is 0. The van der Waals surface area contributed by atoms with Crippen molar-refractivity contribution in [2.24, 2.45) is 17.8 Å². The molecule has 52 heavy (non-hydrogen) atoms. The summed E-state index contributed by atoms with van der Waals surface area (Å²) >= 11 is 0. The van der Waals surface area contributed by atoms with Gasteiger partial charge in [0.2, 0.25) is 5.91 Å². The molecule has 0 aromatic carbocycles. The average molecular weight is 713 g/mol. The number of aryl methyl sites for hydroxylation is 1. The van der Waals surface area contributed by atoms with Gasteiger partial charge in [0.1, 0.15) is 29.6 Å². The number of nitrogens with zero attached hydrogens (tertiary/aromatic N) is 6. The number of likely N-dealkylation sites (tertiary alicyclic amines) is 1. The monoisotopic (exact) mass is 712 g/mol. The molecule has 280 valence electrons. The van der Waals surface area contributed by atoms with Crippen LogP contribution in [-0.4, -0.2) is 90.2 Å². The van der Waals surface area contributed by atoms with E-state index >= 15 is 0 Å². The molecule has 0 spiro atoms. The molecule has 0 unspecified atom stereocenters. The molecule has 11 nitrogen and oxygen atoms in total. The van der Waals surface area contributed by atoms with Crippen molar-refractivity contribution >= 4 is 17.8 Å². The van der Waals surface area contributed by atoms with Gasteiger partial charge < -0.3 is 23.7 Å². The van der Waals surface area contributed by atoms with Crippen molar-refractivity contribution in [3.63, 3.8) is 0 Å². The molecule has 0 radical (unpaired) electrons. The highest BCUT2D eigenvalue weighted by Crippen LogP contribution is 2.41. The quantitative estimate of drug-likeness (QED) is 0.198. The van der Waals surface area contributed by atoms with Crippen LogP contribution in [0.3, 0.4) is 0 Å². The number of aromatic nitrogens is 3. The molecule has 7 rings (SSSR count). The van der Waals surface area contributed by atoms with Gasteiger partial charge in [0, 0.05) is 61.4 Å². The lowest BCUT2D eigenvalue weighted by molar-refractivity contribution is -0.124. The maximum absolute atomic E-state index is 14.5. The third kappa shape index (κ3) is 8.78. The number of pyridine rings is 2. The molecular formula is C41H56N6O5. The van der Waals surface area contributed by atoms with Crippen LogP contribution in [0.25, 0.3) is 11.3 Å². The van der Waals surface area contributed by atoms with Crippen LogP contribution in [0.2, 0.25) is 0 Å². The molecule has 3 aromatic heterocycles. The minimum Gasteiger partial charge on any atom is -0.495 e. The fraction of sp³-hybridized carbons (Fsp3) is 0.634. The molecule has 3 saturated carbocycles. The van der Waals surface area contributed by atoms with Gasteiger partial charge in [0.15, 0.2) is 5.89 Å². The highest BCUT2D eigenvalue weighted by molar-refractivity contribution is 5.94. The maximum Gasteiger partial charge on any atom is 0.410 e. The summed E-state index contributed by atoms with van der Waals surface area (Å²) < 4.78 is 17.2. The highest BCUT2D eigenvalue weighted by atomic mass is 16.6. The topological polar surface area (TPSA) is 114 Å². The standard InChI is InChI=1S/C41H56N6O5/c1-27-37(50-4)16-15-35(43-27)30-7-5-28(6-8-30)25-47(38-23-33(17-20-42-38)36-26-51-39(44-36)31-9-10-31)40(48)32-11-13-34(14-12-32)52-41(49)46-21-18-29(19-22-46)24-45(2)3/h15-17,20,23,26,28-32,34H,5-14,18-19,21-22,24-25H2,1-4H3. The van der Waals surface area contributed by atoms with Crippen LogP contribution in [-0.2, 0) is 9.53 Å². The van der Waals surface area contributed by atoms with Crippen molar-refractivity contribution in [1.29, 1.82) is 0 Å². The maximum atomic E-state index is 14.5. The van der Waals surface area contributed by atoms with Gasteiger partial charge in [-0.25, -0.2) is 14.8 Å². The molecule has 1 saturated heterocycles. The molecule has 4 heterocycles. The Hall–Kier alpha value is -3.99. The lowest BCUT2D eigenvalue weighted by atomic mass is 9.79. The fourth-order valence-electron chi connectivity index (χ4n) is 8.55. The molecule has 2 amide bonds. The number of amides is 2. The summed E-state index contributed by atoms with van der Waals surface area (Å²) in [7, 11) is 5.89. The zero-order valence-electron chi connectivity index (χ0n) is 31.5. The number of piperidine rings is 1. The van der Waals surface area contributed by atoms with Crippen molar-refractivity contribution < 1.29 is 23.5 Å². The minimum absolute atomic E-state index is 0.116. The fourth-order valence-corrected chi connectivity index (χ4v) is 8.55. The Morgan fingerprint density at radius 1 is 0.865 bits per heavy atom.